The average molecular weight is 447 g/mol. The smallest absolute Gasteiger partial charge is 0.326 e. The SMILES string of the molecule is NC1(CNc2ccc(C(=O)N[C@@H](CCC(=O)O)C(=O)O)cc2)NC(=O)C2=C(NCCN2)N1. The zero-order valence-electron chi connectivity index (χ0n) is 17.0. The molecule has 172 valence electrons. The van der Waals surface area contributed by atoms with E-state index in [0.717, 1.165) is 0 Å². The minimum Gasteiger partial charge on any atom is -0.481 e. The fourth-order valence-electron chi connectivity index (χ4n) is 3.21. The summed E-state index contributed by atoms with van der Waals surface area (Å²) in [5.74, 6) is -4.16. The highest BCUT2D eigenvalue weighted by Gasteiger charge is 2.36. The van der Waals surface area contributed by atoms with Gasteiger partial charge in [0.1, 0.15) is 17.6 Å². The van der Waals surface area contributed by atoms with Crippen molar-refractivity contribution >= 4 is 29.4 Å². The van der Waals surface area contributed by atoms with E-state index >= 15 is 0 Å². The maximum atomic E-state index is 12.3. The molecule has 0 saturated heterocycles. The number of carboxylic acids is 2. The molecule has 0 bridgehead atoms. The van der Waals surface area contributed by atoms with Gasteiger partial charge in [-0.3, -0.25) is 20.1 Å². The summed E-state index contributed by atoms with van der Waals surface area (Å²) in [5.41, 5.74) is 7.46. The molecule has 0 radical (unpaired) electrons. The molecule has 2 aliphatic rings. The number of carbonyl (C=O) groups excluding carboxylic acids is 2. The molecule has 2 aliphatic heterocycles. The third kappa shape index (κ3) is 5.57. The fraction of sp³-hybridized carbons (Fsp3) is 0.368. The van der Waals surface area contributed by atoms with Crippen molar-refractivity contribution in [1.29, 1.82) is 0 Å². The Morgan fingerprint density at radius 2 is 1.78 bits per heavy atom. The molecule has 1 aromatic carbocycles. The molecule has 32 heavy (non-hydrogen) atoms. The highest BCUT2D eigenvalue weighted by Crippen LogP contribution is 2.14. The quantitative estimate of drug-likeness (QED) is 0.199. The van der Waals surface area contributed by atoms with Gasteiger partial charge in [-0.2, -0.15) is 0 Å². The highest BCUT2D eigenvalue weighted by atomic mass is 16.4. The molecule has 13 heteroatoms. The number of hydrogen-bond donors (Lipinski definition) is 9. The van der Waals surface area contributed by atoms with Gasteiger partial charge in [0.05, 0.1) is 6.54 Å². The molecule has 0 aliphatic carbocycles. The molecule has 3 rings (SSSR count). The first kappa shape index (κ1) is 22.7. The Balaban J connectivity index is 1.57. The van der Waals surface area contributed by atoms with Gasteiger partial charge in [-0.1, -0.05) is 0 Å². The normalized spacial score (nSPS) is 20.5. The van der Waals surface area contributed by atoms with Crippen molar-refractivity contribution in [1.82, 2.24) is 26.6 Å². The van der Waals surface area contributed by atoms with E-state index in [0.29, 0.717) is 30.3 Å². The molecule has 0 saturated carbocycles. The van der Waals surface area contributed by atoms with Crippen LogP contribution in [-0.2, 0) is 14.4 Å². The van der Waals surface area contributed by atoms with E-state index in [1.165, 1.54) is 12.1 Å². The summed E-state index contributed by atoms with van der Waals surface area (Å²) in [6.45, 7) is 1.39. The Morgan fingerprint density at radius 3 is 2.44 bits per heavy atom. The summed E-state index contributed by atoms with van der Waals surface area (Å²) in [6, 6.07) is 4.85. The monoisotopic (exact) mass is 447 g/mol. The van der Waals surface area contributed by atoms with Gasteiger partial charge in [0.15, 0.2) is 5.79 Å². The van der Waals surface area contributed by atoms with Crippen LogP contribution in [0.2, 0.25) is 0 Å². The van der Waals surface area contributed by atoms with Gasteiger partial charge >= 0.3 is 11.9 Å². The predicted molar refractivity (Wildman–Crippen MR) is 112 cm³/mol. The molecular weight excluding hydrogens is 422 g/mol. The van der Waals surface area contributed by atoms with Crippen LogP contribution in [-0.4, -0.2) is 65.4 Å². The molecule has 1 unspecified atom stereocenters. The molecule has 0 spiro atoms. The second-order valence-electron chi connectivity index (χ2n) is 7.38. The first-order valence-electron chi connectivity index (χ1n) is 9.88. The molecular formula is C19H25N7O6. The molecule has 13 nitrogen and oxygen atoms in total. The summed E-state index contributed by atoms with van der Waals surface area (Å²) in [4.78, 5) is 46.4. The van der Waals surface area contributed by atoms with Crippen LogP contribution in [0.25, 0.3) is 0 Å². The van der Waals surface area contributed by atoms with Crippen LogP contribution in [0.5, 0.6) is 0 Å². The average Bonchev–Trinajstić information content (AvgIpc) is 2.75. The number of amides is 2. The van der Waals surface area contributed by atoms with Gasteiger partial charge in [-0.15, -0.1) is 0 Å². The van der Waals surface area contributed by atoms with Crippen LogP contribution >= 0.6 is 0 Å². The van der Waals surface area contributed by atoms with E-state index in [2.05, 4.69) is 31.9 Å². The second kappa shape index (κ2) is 9.43. The lowest BCUT2D eigenvalue weighted by Crippen LogP contribution is -2.74. The Labute approximate surface area is 182 Å². The lowest BCUT2D eigenvalue weighted by atomic mass is 10.1. The van der Waals surface area contributed by atoms with Crippen molar-refractivity contribution in [2.45, 2.75) is 24.7 Å². The van der Waals surface area contributed by atoms with E-state index in [1.54, 1.807) is 12.1 Å². The lowest BCUT2D eigenvalue weighted by molar-refractivity contribution is -0.140. The van der Waals surface area contributed by atoms with Crippen LogP contribution in [0, 0.1) is 0 Å². The van der Waals surface area contributed by atoms with E-state index in [4.69, 9.17) is 15.9 Å². The Morgan fingerprint density at radius 1 is 1.09 bits per heavy atom. The largest absolute Gasteiger partial charge is 0.481 e. The standard InChI is InChI=1S/C19H25N7O6/c20-19(25-15-14(17(30)26-19)21-7-8-22-15)9-23-11-3-1-10(2-4-11)16(29)24-12(18(31)32)5-6-13(27)28/h1-4,12,21-23,25H,5-9,20H2,(H,24,29)(H,26,30)(H,27,28)(H,31,32)/t12-,19?/m0/s1. The van der Waals surface area contributed by atoms with Crippen LogP contribution in [0.15, 0.2) is 35.8 Å². The molecule has 2 atom stereocenters. The number of carboxylic acid groups (broad SMARTS) is 2. The zero-order chi connectivity index (χ0) is 23.3. The minimum absolute atomic E-state index is 0.124. The maximum absolute atomic E-state index is 12.3. The minimum atomic E-state index is -1.31. The topological polar surface area (TPSA) is 207 Å². The first-order chi connectivity index (χ1) is 15.2. The molecule has 1 aromatic rings. The molecule has 2 amide bonds. The van der Waals surface area contributed by atoms with Gasteiger partial charge in [-0.25, -0.2) is 4.79 Å². The van der Waals surface area contributed by atoms with Gasteiger partial charge < -0.3 is 42.1 Å². The number of carbonyl (C=O) groups is 4. The summed E-state index contributed by atoms with van der Waals surface area (Å²) in [7, 11) is 0. The zero-order valence-corrected chi connectivity index (χ0v) is 17.0. The number of nitrogens with one attached hydrogen (secondary N) is 6. The van der Waals surface area contributed by atoms with Crippen molar-refractivity contribution in [3.8, 4) is 0 Å². The Hall–Kier alpha value is -4.00. The van der Waals surface area contributed by atoms with Crippen molar-refractivity contribution in [3.05, 3.63) is 41.3 Å². The van der Waals surface area contributed by atoms with Crippen LogP contribution in [0.4, 0.5) is 5.69 Å². The molecule has 10 N–H and O–H groups in total. The summed E-state index contributed by atoms with van der Waals surface area (Å²) in [5, 5.41) is 35.0. The van der Waals surface area contributed by atoms with Gasteiger partial charge in [0.2, 0.25) is 0 Å². The molecule has 2 heterocycles. The van der Waals surface area contributed by atoms with Gasteiger partial charge in [0, 0.05) is 30.8 Å². The van der Waals surface area contributed by atoms with Crippen molar-refractivity contribution in [2.75, 3.05) is 25.0 Å². The summed E-state index contributed by atoms with van der Waals surface area (Å²) < 4.78 is 0. The number of hydrogen-bond acceptors (Lipinski definition) is 9. The number of anilines is 1. The first-order valence-corrected chi connectivity index (χ1v) is 9.88. The lowest BCUT2D eigenvalue weighted by Gasteiger charge is -2.40. The van der Waals surface area contributed by atoms with Crippen LogP contribution in [0.1, 0.15) is 23.2 Å². The van der Waals surface area contributed by atoms with Crippen molar-refractivity contribution in [3.63, 3.8) is 0 Å². The number of aliphatic carboxylic acids is 2. The second-order valence-corrected chi connectivity index (χ2v) is 7.38. The predicted octanol–water partition coefficient (Wildman–Crippen LogP) is -2.16. The fourth-order valence-corrected chi connectivity index (χ4v) is 3.21. The number of rotatable bonds is 9. The summed E-state index contributed by atoms with van der Waals surface area (Å²) >= 11 is 0. The van der Waals surface area contributed by atoms with Gasteiger partial charge in [0.25, 0.3) is 11.8 Å². The number of nitrogens with two attached hydrogens (primary N) is 1. The Bertz CT molecular complexity index is 948. The van der Waals surface area contributed by atoms with Crippen LogP contribution in [0.3, 0.4) is 0 Å². The maximum Gasteiger partial charge on any atom is 0.326 e. The highest BCUT2D eigenvalue weighted by molar-refractivity contribution is 5.97. The van der Waals surface area contributed by atoms with Crippen LogP contribution < -0.4 is 37.6 Å². The van der Waals surface area contributed by atoms with E-state index in [9.17, 15) is 19.2 Å². The van der Waals surface area contributed by atoms with E-state index < -0.39 is 29.7 Å². The Kier molecular flexibility index (Phi) is 6.68. The third-order valence-electron chi connectivity index (χ3n) is 4.86. The summed E-state index contributed by atoms with van der Waals surface area (Å²) in [6.07, 6.45) is -0.606. The van der Waals surface area contributed by atoms with Gasteiger partial charge in [-0.05, 0) is 30.7 Å². The molecule has 0 aromatic heterocycles. The third-order valence-corrected chi connectivity index (χ3v) is 4.86. The van der Waals surface area contributed by atoms with Crippen molar-refractivity contribution < 1.29 is 29.4 Å². The van der Waals surface area contributed by atoms with Crippen molar-refractivity contribution in [2.24, 2.45) is 5.73 Å². The van der Waals surface area contributed by atoms with E-state index in [1.807, 2.05) is 0 Å². The van der Waals surface area contributed by atoms with E-state index in [-0.39, 0.29) is 30.9 Å². The molecule has 0 fully saturated rings. The number of benzene rings is 1.